The van der Waals surface area contributed by atoms with Crippen molar-refractivity contribution in [2.24, 2.45) is 5.92 Å². The highest BCUT2D eigenvalue weighted by molar-refractivity contribution is 6.05. The third-order valence-electron chi connectivity index (χ3n) is 4.12. The Morgan fingerprint density at radius 1 is 1.20 bits per heavy atom. The first kappa shape index (κ1) is 14.6. The van der Waals surface area contributed by atoms with Gasteiger partial charge in [-0.2, -0.15) is 0 Å². The zero-order valence-corrected chi connectivity index (χ0v) is 12.6. The Morgan fingerprint density at radius 2 is 1.95 bits per heavy atom. The molecule has 1 amide bonds. The quantitative estimate of drug-likeness (QED) is 0.845. The van der Waals surface area contributed by atoms with E-state index in [-0.39, 0.29) is 5.91 Å². The Bertz CT molecular complexity index is 569. The van der Waals surface area contributed by atoms with Gasteiger partial charge in [-0.1, -0.05) is 38.8 Å². The minimum atomic E-state index is 0.132. The highest BCUT2D eigenvalue weighted by atomic mass is 16.2. The molecule has 0 aliphatic rings. The van der Waals surface area contributed by atoms with Crippen molar-refractivity contribution >= 4 is 16.8 Å². The minimum Gasteiger partial charge on any atom is -0.361 e. The molecule has 0 spiro atoms. The molecule has 1 aromatic carbocycles. The van der Waals surface area contributed by atoms with E-state index in [4.69, 9.17) is 0 Å². The summed E-state index contributed by atoms with van der Waals surface area (Å²) in [6.45, 7) is 8.04. The Labute approximate surface area is 121 Å². The smallest absolute Gasteiger partial charge is 0.255 e. The number of benzene rings is 1. The largest absolute Gasteiger partial charge is 0.361 e. The Kier molecular flexibility index (Phi) is 4.83. The van der Waals surface area contributed by atoms with Crippen molar-refractivity contribution in [1.29, 1.82) is 0 Å². The molecule has 0 bridgehead atoms. The molecule has 0 aliphatic heterocycles. The molecule has 1 N–H and O–H groups in total. The van der Waals surface area contributed by atoms with Gasteiger partial charge in [-0.3, -0.25) is 4.79 Å². The summed E-state index contributed by atoms with van der Waals surface area (Å²) in [5, 5.41) is 1.09. The number of amides is 1. The summed E-state index contributed by atoms with van der Waals surface area (Å²) in [7, 11) is 0. The van der Waals surface area contributed by atoms with Crippen LogP contribution in [0.3, 0.4) is 0 Å². The summed E-state index contributed by atoms with van der Waals surface area (Å²) in [5.74, 6) is 0.717. The van der Waals surface area contributed by atoms with Crippen LogP contribution in [0, 0.1) is 5.92 Å². The molecule has 0 fully saturated rings. The van der Waals surface area contributed by atoms with Crippen molar-refractivity contribution in [2.45, 2.75) is 33.6 Å². The van der Waals surface area contributed by atoms with Crippen molar-refractivity contribution in [3.63, 3.8) is 0 Å². The SMILES string of the molecule is CCC(CC)CN(CC)C(=O)c1cccc2cc[nH]c12. The van der Waals surface area contributed by atoms with E-state index in [0.717, 1.165) is 42.4 Å². The van der Waals surface area contributed by atoms with Gasteiger partial charge in [0.25, 0.3) is 5.91 Å². The van der Waals surface area contributed by atoms with Crippen LogP contribution in [0.4, 0.5) is 0 Å². The van der Waals surface area contributed by atoms with Gasteiger partial charge in [-0.15, -0.1) is 0 Å². The van der Waals surface area contributed by atoms with Gasteiger partial charge in [0.1, 0.15) is 0 Å². The third kappa shape index (κ3) is 2.87. The van der Waals surface area contributed by atoms with E-state index in [2.05, 4.69) is 25.8 Å². The van der Waals surface area contributed by atoms with Gasteiger partial charge >= 0.3 is 0 Å². The molecule has 2 rings (SSSR count). The zero-order valence-electron chi connectivity index (χ0n) is 12.6. The van der Waals surface area contributed by atoms with E-state index in [1.54, 1.807) is 0 Å². The maximum absolute atomic E-state index is 12.8. The number of nitrogens with one attached hydrogen (secondary N) is 1. The van der Waals surface area contributed by atoms with Gasteiger partial charge in [0, 0.05) is 24.7 Å². The minimum absolute atomic E-state index is 0.132. The monoisotopic (exact) mass is 272 g/mol. The van der Waals surface area contributed by atoms with Crippen molar-refractivity contribution in [1.82, 2.24) is 9.88 Å². The van der Waals surface area contributed by atoms with Crippen LogP contribution < -0.4 is 0 Å². The van der Waals surface area contributed by atoms with Crippen LogP contribution in [-0.4, -0.2) is 28.9 Å². The first-order chi connectivity index (χ1) is 9.71. The molecule has 0 unspecified atom stereocenters. The molecule has 0 saturated carbocycles. The number of carbonyl (C=O) groups excluding carboxylic acids is 1. The molecule has 1 heterocycles. The molecule has 3 nitrogen and oxygen atoms in total. The number of hydrogen-bond donors (Lipinski definition) is 1. The van der Waals surface area contributed by atoms with Crippen LogP contribution >= 0.6 is 0 Å². The highest BCUT2D eigenvalue weighted by Crippen LogP contribution is 2.20. The van der Waals surface area contributed by atoms with Crippen molar-refractivity contribution in [3.05, 3.63) is 36.0 Å². The van der Waals surface area contributed by atoms with E-state index in [0.29, 0.717) is 5.92 Å². The Morgan fingerprint density at radius 3 is 2.60 bits per heavy atom. The summed E-state index contributed by atoms with van der Waals surface area (Å²) in [6.07, 6.45) is 4.12. The molecule has 20 heavy (non-hydrogen) atoms. The standard InChI is InChI=1S/C17H24N2O/c1-4-13(5-2)12-19(6-3)17(20)15-9-7-8-14-10-11-18-16(14)15/h7-11,13,18H,4-6,12H2,1-3H3. The summed E-state index contributed by atoms with van der Waals surface area (Å²) in [5.41, 5.74) is 1.72. The highest BCUT2D eigenvalue weighted by Gasteiger charge is 2.19. The van der Waals surface area contributed by atoms with E-state index >= 15 is 0 Å². The lowest BCUT2D eigenvalue weighted by atomic mass is 10.0. The average Bonchev–Trinajstić information content (AvgIpc) is 2.96. The van der Waals surface area contributed by atoms with Crippen LogP contribution in [0.25, 0.3) is 10.9 Å². The fraction of sp³-hybridized carbons (Fsp3) is 0.471. The fourth-order valence-corrected chi connectivity index (χ4v) is 2.65. The first-order valence-electron chi connectivity index (χ1n) is 7.56. The Balaban J connectivity index is 2.26. The molecule has 2 aromatic rings. The number of fused-ring (bicyclic) bond motifs is 1. The van der Waals surface area contributed by atoms with Crippen LogP contribution in [0.5, 0.6) is 0 Å². The van der Waals surface area contributed by atoms with Gasteiger partial charge < -0.3 is 9.88 Å². The van der Waals surface area contributed by atoms with Crippen molar-refractivity contribution < 1.29 is 4.79 Å². The number of aromatic amines is 1. The maximum atomic E-state index is 12.8. The topological polar surface area (TPSA) is 36.1 Å². The van der Waals surface area contributed by atoms with Crippen LogP contribution in [0.2, 0.25) is 0 Å². The molecule has 3 heteroatoms. The number of aromatic nitrogens is 1. The van der Waals surface area contributed by atoms with Gasteiger partial charge in [0.2, 0.25) is 0 Å². The summed E-state index contributed by atoms with van der Waals surface area (Å²) in [6, 6.07) is 7.90. The van der Waals surface area contributed by atoms with Crippen molar-refractivity contribution in [3.8, 4) is 0 Å². The second kappa shape index (κ2) is 6.60. The molecular formula is C17H24N2O. The fourth-order valence-electron chi connectivity index (χ4n) is 2.65. The lowest BCUT2D eigenvalue weighted by Crippen LogP contribution is -2.35. The number of rotatable bonds is 6. The average molecular weight is 272 g/mol. The lowest BCUT2D eigenvalue weighted by molar-refractivity contribution is 0.0737. The Hall–Kier alpha value is -1.77. The van der Waals surface area contributed by atoms with Gasteiger partial charge in [-0.25, -0.2) is 0 Å². The van der Waals surface area contributed by atoms with E-state index < -0.39 is 0 Å². The second-order valence-corrected chi connectivity index (χ2v) is 5.27. The first-order valence-corrected chi connectivity index (χ1v) is 7.56. The molecule has 1 aromatic heterocycles. The lowest BCUT2D eigenvalue weighted by Gasteiger charge is -2.25. The molecular weight excluding hydrogens is 248 g/mol. The predicted molar refractivity (Wildman–Crippen MR) is 83.9 cm³/mol. The molecule has 0 aliphatic carbocycles. The van der Waals surface area contributed by atoms with E-state index in [1.807, 2.05) is 35.4 Å². The second-order valence-electron chi connectivity index (χ2n) is 5.27. The molecule has 0 atom stereocenters. The zero-order chi connectivity index (χ0) is 14.5. The maximum Gasteiger partial charge on any atom is 0.255 e. The van der Waals surface area contributed by atoms with E-state index in [1.165, 1.54) is 0 Å². The number of H-pyrrole nitrogens is 1. The number of nitrogens with zero attached hydrogens (tertiary/aromatic N) is 1. The molecule has 108 valence electrons. The van der Waals surface area contributed by atoms with E-state index in [9.17, 15) is 4.79 Å². The van der Waals surface area contributed by atoms with Gasteiger partial charge in [0.05, 0.1) is 11.1 Å². The van der Waals surface area contributed by atoms with Crippen molar-refractivity contribution in [2.75, 3.05) is 13.1 Å². The number of carbonyl (C=O) groups is 1. The number of hydrogen-bond acceptors (Lipinski definition) is 1. The summed E-state index contributed by atoms with van der Waals surface area (Å²) < 4.78 is 0. The molecule has 0 radical (unpaired) electrons. The third-order valence-corrected chi connectivity index (χ3v) is 4.12. The number of para-hydroxylation sites is 1. The summed E-state index contributed by atoms with van der Waals surface area (Å²) >= 11 is 0. The van der Waals surface area contributed by atoms with Gasteiger partial charge in [-0.05, 0) is 25.0 Å². The predicted octanol–water partition coefficient (Wildman–Crippen LogP) is 4.07. The van der Waals surface area contributed by atoms with Gasteiger partial charge in [0.15, 0.2) is 0 Å². The van der Waals surface area contributed by atoms with Crippen LogP contribution in [0.15, 0.2) is 30.5 Å². The summed E-state index contributed by atoms with van der Waals surface area (Å²) in [4.78, 5) is 17.9. The molecule has 0 saturated heterocycles. The van der Waals surface area contributed by atoms with Crippen LogP contribution in [-0.2, 0) is 0 Å². The van der Waals surface area contributed by atoms with Crippen LogP contribution in [0.1, 0.15) is 44.0 Å². The normalized spacial score (nSPS) is 11.2.